The number of amides is 2. The summed E-state index contributed by atoms with van der Waals surface area (Å²) in [6.45, 7) is 3.77. The first kappa shape index (κ1) is 14.0. The van der Waals surface area contributed by atoms with Gasteiger partial charge >= 0.3 is 0 Å². The summed E-state index contributed by atoms with van der Waals surface area (Å²) >= 11 is 0. The van der Waals surface area contributed by atoms with E-state index in [9.17, 15) is 9.59 Å². The molecule has 6 nitrogen and oxygen atoms in total. The number of fused-ring (bicyclic) bond motifs is 1. The molecule has 0 saturated carbocycles. The zero-order valence-electron chi connectivity index (χ0n) is 11.7. The average Bonchev–Trinajstić information content (AvgIpc) is 2.91. The Bertz CT molecular complexity index is 633. The number of nitrogens with zero attached hydrogens (tertiary/aromatic N) is 1. The number of aromatic amines is 1. The summed E-state index contributed by atoms with van der Waals surface area (Å²) in [5.74, 6) is -0.509. The Hall–Kier alpha value is -2.37. The molecule has 0 aliphatic carbocycles. The molecule has 0 saturated heterocycles. The summed E-state index contributed by atoms with van der Waals surface area (Å²) in [4.78, 5) is 31.2. The highest BCUT2D eigenvalue weighted by atomic mass is 16.2. The number of nitrogens with one attached hydrogen (secondary N) is 3. The average molecular weight is 274 g/mol. The number of aromatic nitrogens is 2. The van der Waals surface area contributed by atoms with E-state index in [-0.39, 0.29) is 17.7 Å². The van der Waals surface area contributed by atoms with Crippen molar-refractivity contribution < 1.29 is 9.59 Å². The molecule has 2 aromatic heterocycles. The number of hydrogen-bond donors (Lipinski definition) is 3. The van der Waals surface area contributed by atoms with Crippen LogP contribution in [0.1, 0.15) is 24.2 Å². The predicted molar refractivity (Wildman–Crippen MR) is 76.3 cm³/mol. The van der Waals surface area contributed by atoms with Gasteiger partial charge in [0.05, 0.1) is 17.3 Å². The second-order valence-electron chi connectivity index (χ2n) is 4.94. The minimum absolute atomic E-state index is 0.00251. The molecule has 20 heavy (non-hydrogen) atoms. The molecule has 0 aromatic carbocycles. The van der Waals surface area contributed by atoms with Gasteiger partial charge in [0.25, 0.3) is 5.91 Å². The summed E-state index contributed by atoms with van der Waals surface area (Å²) in [5, 5.41) is 6.11. The smallest absolute Gasteiger partial charge is 0.254 e. The van der Waals surface area contributed by atoms with E-state index in [1.165, 1.54) is 6.20 Å². The Morgan fingerprint density at radius 2 is 2.05 bits per heavy atom. The van der Waals surface area contributed by atoms with Crippen molar-refractivity contribution in [1.82, 2.24) is 20.6 Å². The van der Waals surface area contributed by atoms with E-state index in [4.69, 9.17) is 0 Å². The highest BCUT2D eigenvalue weighted by Gasteiger charge is 2.24. The monoisotopic (exact) mass is 274 g/mol. The molecule has 0 radical (unpaired) electrons. The van der Waals surface area contributed by atoms with Gasteiger partial charge in [-0.2, -0.15) is 0 Å². The molecule has 2 aromatic rings. The number of hydrogen-bond acceptors (Lipinski definition) is 3. The number of likely N-dealkylation sites (N-methyl/N-ethyl adjacent to an activating group) is 1. The van der Waals surface area contributed by atoms with Gasteiger partial charge in [0, 0.05) is 24.8 Å². The third kappa shape index (κ3) is 2.64. The predicted octanol–water partition coefficient (Wildman–Crippen LogP) is 1.06. The molecule has 0 aliphatic rings. The van der Waals surface area contributed by atoms with Gasteiger partial charge < -0.3 is 15.6 Å². The van der Waals surface area contributed by atoms with Crippen LogP contribution in [0.5, 0.6) is 0 Å². The topological polar surface area (TPSA) is 86.9 Å². The Balaban J connectivity index is 2.27. The fraction of sp³-hybridized carbons (Fsp3) is 0.357. The van der Waals surface area contributed by atoms with Gasteiger partial charge in [0.1, 0.15) is 6.04 Å². The molecular formula is C14H18N4O2. The van der Waals surface area contributed by atoms with Crippen LogP contribution in [0.4, 0.5) is 0 Å². The Morgan fingerprint density at radius 3 is 2.70 bits per heavy atom. The fourth-order valence-corrected chi connectivity index (χ4v) is 2.07. The quantitative estimate of drug-likeness (QED) is 0.779. The van der Waals surface area contributed by atoms with Crippen molar-refractivity contribution in [2.75, 3.05) is 7.05 Å². The van der Waals surface area contributed by atoms with Crippen LogP contribution in [0, 0.1) is 5.92 Å². The van der Waals surface area contributed by atoms with Gasteiger partial charge in [-0.1, -0.05) is 13.8 Å². The first-order valence-corrected chi connectivity index (χ1v) is 6.48. The van der Waals surface area contributed by atoms with Crippen molar-refractivity contribution in [3.63, 3.8) is 0 Å². The lowest BCUT2D eigenvalue weighted by molar-refractivity contribution is -0.123. The minimum Gasteiger partial charge on any atom is -0.360 e. The maximum atomic E-state index is 12.3. The van der Waals surface area contributed by atoms with Gasteiger partial charge in [0.2, 0.25) is 5.91 Å². The molecular weight excluding hydrogens is 256 g/mol. The maximum absolute atomic E-state index is 12.3. The molecule has 1 atom stereocenters. The lowest BCUT2D eigenvalue weighted by atomic mass is 10.0. The van der Waals surface area contributed by atoms with E-state index >= 15 is 0 Å². The van der Waals surface area contributed by atoms with Gasteiger partial charge in [-0.05, 0) is 12.0 Å². The first-order valence-electron chi connectivity index (χ1n) is 6.48. The van der Waals surface area contributed by atoms with E-state index in [1.807, 2.05) is 19.9 Å². The second kappa shape index (κ2) is 5.73. The number of pyridine rings is 1. The normalized spacial score (nSPS) is 12.4. The fourth-order valence-electron chi connectivity index (χ4n) is 2.07. The molecule has 6 heteroatoms. The molecule has 0 spiro atoms. The number of carbonyl (C=O) groups is 2. The second-order valence-corrected chi connectivity index (χ2v) is 4.94. The molecule has 0 unspecified atom stereocenters. The van der Waals surface area contributed by atoms with Crippen molar-refractivity contribution in [3.05, 3.63) is 30.2 Å². The van der Waals surface area contributed by atoms with E-state index in [0.717, 1.165) is 10.9 Å². The van der Waals surface area contributed by atoms with Crippen LogP contribution >= 0.6 is 0 Å². The third-order valence-corrected chi connectivity index (χ3v) is 3.20. The van der Waals surface area contributed by atoms with Crippen LogP contribution < -0.4 is 10.6 Å². The Kier molecular flexibility index (Phi) is 4.02. The maximum Gasteiger partial charge on any atom is 0.254 e. The van der Waals surface area contributed by atoms with Crippen LogP contribution in [-0.4, -0.2) is 34.9 Å². The zero-order valence-corrected chi connectivity index (χ0v) is 11.7. The van der Waals surface area contributed by atoms with Crippen molar-refractivity contribution >= 4 is 22.7 Å². The lowest BCUT2D eigenvalue weighted by Gasteiger charge is -2.20. The summed E-state index contributed by atoms with van der Waals surface area (Å²) in [6, 6.07) is 1.25. The number of H-pyrrole nitrogens is 1. The molecule has 2 heterocycles. The minimum atomic E-state index is -0.568. The first-order chi connectivity index (χ1) is 9.54. The largest absolute Gasteiger partial charge is 0.360 e. The highest BCUT2D eigenvalue weighted by molar-refractivity contribution is 6.07. The molecule has 0 aliphatic heterocycles. The van der Waals surface area contributed by atoms with Crippen molar-refractivity contribution in [2.45, 2.75) is 19.9 Å². The summed E-state index contributed by atoms with van der Waals surface area (Å²) in [7, 11) is 1.55. The van der Waals surface area contributed by atoms with Crippen LogP contribution in [0.2, 0.25) is 0 Å². The van der Waals surface area contributed by atoms with Crippen LogP contribution in [-0.2, 0) is 4.79 Å². The van der Waals surface area contributed by atoms with E-state index < -0.39 is 6.04 Å². The molecule has 0 bridgehead atoms. The van der Waals surface area contributed by atoms with E-state index in [2.05, 4.69) is 20.6 Å². The molecule has 2 rings (SSSR count). The SMILES string of the molecule is CNC(=O)[C@@H](NC(=O)c1cncc2[nH]ccc12)C(C)C. The zero-order chi connectivity index (χ0) is 14.7. The van der Waals surface area contributed by atoms with Crippen molar-refractivity contribution in [1.29, 1.82) is 0 Å². The Labute approximate surface area is 117 Å². The van der Waals surface area contributed by atoms with Crippen LogP contribution in [0.25, 0.3) is 10.9 Å². The van der Waals surface area contributed by atoms with Gasteiger partial charge in [0.15, 0.2) is 0 Å². The lowest BCUT2D eigenvalue weighted by Crippen LogP contribution is -2.48. The van der Waals surface area contributed by atoms with Crippen molar-refractivity contribution in [3.8, 4) is 0 Å². The Morgan fingerprint density at radius 1 is 1.30 bits per heavy atom. The van der Waals surface area contributed by atoms with E-state index in [0.29, 0.717) is 5.56 Å². The van der Waals surface area contributed by atoms with Crippen molar-refractivity contribution in [2.24, 2.45) is 5.92 Å². The summed E-state index contributed by atoms with van der Waals surface area (Å²) in [6.07, 6.45) is 4.92. The van der Waals surface area contributed by atoms with Gasteiger partial charge in [-0.25, -0.2) is 0 Å². The van der Waals surface area contributed by atoms with E-state index in [1.54, 1.807) is 19.4 Å². The van der Waals surface area contributed by atoms with Crippen LogP contribution in [0.15, 0.2) is 24.7 Å². The van der Waals surface area contributed by atoms with Crippen LogP contribution in [0.3, 0.4) is 0 Å². The summed E-state index contributed by atoms with van der Waals surface area (Å²) in [5.41, 5.74) is 1.25. The molecule has 0 fully saturated rings. The number of rotatable bonds is 4. The standard InChI is InChI=1S/C14H18N4O2/c1-8(2)12(14(20)15-3)18-13(19)10-6-16-7-11-9(10)4-5-17-11/h4-8,12,17H,1-3H3,(H,15,20)(H,18,19)/t12-/m0/s1. The van der Waals surface area contributed by atoms with Gasteiger partial charge in [-0.15, -0.1) is 0 Å². The summed E-state index contributed by atoms with van der Waals surface area (Å²) < 4.78 is 0. The molecule has 2 amide bonds. The molecule has 3 N–H and O–H groups in total. The highest BCUT2D eigenvalue weighted by Crippen LogP contribution is 2.16. The number of carbonyl (C=O) groups excluding carboxylic acids is 2. The third-order valence-electron chi connectivity index (χ3n) is 3.20. The molecule has 106 valence electrons. The van der Waals surface area contributed by atoms with Gasteiger partial charge in [-0.3, -0.25) is 14.6 Å².